The molecule has 4 heteroatoms. The predicted octanol–water partition coefficient (Wildman–Crippen LogP) is 2.82. The Morgan fingerprint density at radius 3 is 2.57 bits per heavy atom. The van der Waals surface area contributed by atoms with Crippen LogP contribution in [0.3, 0.4) is 0 Å². The Morgan fingerprint density at radius 2 is 2.00 bits per heavy atom. The SMILES string of the molecule is CCCN(C(=O)c1ccc(O)cc1C)C1CCC(N)CC1. The van der Waals surface area contributed by atoms with Crippen molar-refractivity contribution < 1.29 is 9.90 Å². The Balaban J connectivity index is 2.18. The first-order valence-electron chi connectivity index (χ1n) is 7.89. The second kappa shape index (κ2) is 6.94. The smallest absolute Gasteiger partial charge is 0.254 e. The molecule has 0 saturated heterocycles. The highest BCUT2D eigenvalue weighted by Gasteiger charge is 2.28. The van der Waals surface area contributed by atoms with Crippen molar-refractivity contribution >= 4 is 5.91 Å². The number of phenolic OH excluding ortho intramolecular Hbond substituents is 1. The van der Waals surface area contributed by atoms with Crippen LogP contribution in [-0.4, -0.2) is 34.5 Å². The molecular weight excluding hydrogens is 264 g/mol. The van der Waals surface area contributed by atoms with Gasteiger partial charge in [-0.15, -0.1) is 0 Å². The lowest BCUT2D eigenvalue weighted by Gasteiger charge is -2.36. The molecule has 0 bridgehead atoms. The minimum Gasteiger partial charge on any atom is -0.508 e. The Bertz CT molecular complexity index is 494. The van der Waals surface area contributed by atoms with Crippen LogP contribution in [0.5, 0.6) is 5.75 Å². The van der Waals surface area contributed by atoms with Gasteiger partial charge in [0.15, 0.2) is 0 Å². The van der Waals surface area contributed by atoms with E-state index in [9.17, 15) is 9.90 Å². The van der Waals surface area contributed by atoms with Gasteiger partial charge in [-0.25, -0.2) is 0 Å². The fourth-order valence-electron chi connectivity index (χ4n) is 3.15. The summed E-state index contributed by atoms with van der Waals surface area (Å²) in [6.45, 7) is 4.74. The van der Waals surface area contributed by atoms with E-state index in [0.717, 1.165) is 44.2 Å². The molecule has 1 aromatic rings. The quantitative estimate of drug-likeness (QED) is 0.896. The monoisotopic (exact) mass is 290 g/mol. The third kappa shape index (κ3) is 3.76. The summed E-state index contributed by atoms with van der Waals surface area (Å²) in [5.41, 5.74) is 7.49. The molecule has 1 fully saturated rings. The van der Waals surface area contributed by atoms with Gasteiger partial charge in [0, 0.05) is 24.2 Å². The van der Waals surface area contributed by atoms with Crippen molar-refractivity contribution in [3.05, 3.63) is 29.3 Å². The molecule has 3 N–H and O–H groups in total. The normalized spacial score (nSPS) is 22.0. The van der Waals surface area contributed by atoms with E-state index >= 15 is 0 Å². The Labute approximate surface area is 126 Å². The molecule has 0 aliphatic heterocycles. The van der Waals surface area contributed by atoms with E-state index in [-0.39, 0.29) is 17.7 Å². The molecule has 0 unspecified atom stereocenters. The number of aryl methyl sites for hydroxylation is 1. The van der Waals surface area contributed by atoms with Crippen molar-refractivity contribution in [2.45, 2.75) is 58.0 Å². The number of hydrogen-bond acceptors (Lipinski definition) is 3. The molecule has 0 heterocycles. The van der Waals surface area contributed by atoms with E-state index in [2.05, 4.69) is 6.92 Å². The van der Waals surface area contributed by atoms with Crippen LogP contribution in [-0.2, 0) is 0 Å². The number of aromatic hydroxyl groups is 1. The van der Waals surface area contributed by atoms with Crippen LogP contribution in [0.25, 0.3) is 0 Å². The van der Waals surface area contributed by atoms with Crippen molar-refractivity contribution in [3.63, 3.8) is 0 Å². The molecule has 1 saturated carbocycles. The van der Waals surface area contributed by atoms with Crippen LogP contribution < -0.4 is 5.73 Å². The maximum atomic E-state index is 12.9. The molecule has 0 atom stereocenters. The summed E-state index contributed by atoms with van der Waals surface area (Å²) >= 11 is 0. The number of benzene rings is 1. The molecule has 21 heavy (non-hydrogen) atoms. The number of rotatable bonds is 4. The molecule has 1 amide bonds. The van der Waals surface area contributed by atoms with Crippen molar-refractivity contribution in [2.24, 2.45) is 5.73 Å². The van der Waals surface area contributed by atoms with E-state index < -0.39 is 0 Å². The first-order chi connectivity index (χ1) is 10.0. The number of carbonyl (C=O) groups excluding carboxylic acids is 1. The van der Waals surface area contributed by atoms with Gasteiger partial charge in [-0.3, -0.25) is 4.79 Å². The minimum absolute atomic E-state index is 0.0785. The zero-order valence-corrected chi connectivity index (χ0v) is 13.0. The average Bonchev–Trinajstić information content (AvgIpc) is 2.45. The van der Waals surface area contributed by atoms with Gasteiger partial charge in [0.1, 0.15) is 5.75 Å². The lowest BCUT2D eigenvalue weighted by Crippen LogP contribution is -2.44. The van der Waals surface area contributed by atoms with Crippen LogP contribution >= 0.6 is 0 Å². The van der Waals surface area contributed by atoms with E-state index in [4.69, 9.17) is 5.73 Å². The van der Waals surface area contributed by atoms with Gasteiger partial charge < -0.3 is 15.7 Å². The van der Waals surface area contributed by atoms with Crippen LogP contribution in [0.1, 0.15) is 54.9 Å². The molecule has 0 aromatic heterocycles. The summed E-state index contributed by atoms with van der Waals surface area (Å²) in [6, 6.07) is 5.54. The number of carbonyl (C=O) groups is 1. The summed E-state index contributed by atoms with van der Waals surface area (Å²) in [5, 5.41) is 9.50. The van der Waals surface area contributed by atoms with Gasteiger partial charge >= 0.3 is 0 Å². The van der Waals surface area contributed by atoms with Gasteiger partial charge in [-0.05, 0) is 62.8 Å². The summed E-state index contributed by atoms with van der Waals surface area (Å²) in [7, 11) is 0. The van der Waals surface area contributed by atoms with Crippen molar-refractivity contribution in [1.29, 1.82) is 0 Å². The lowest BCUT2D eigenvalue weighted by molar-refractivity contribution is 0.0626. The zero-order valence-electron chi connectivity index (χ0n) is 13.0. The third-order valence-corrected chi connectivity index (χ3v) is 4.35. The lowest BCUT2D eigenvalue weighted by atomic mass is 9.90. The second-order valence-electron chi connectivity index (χ2n) is 6.07. The highest BCUT2D eigenvalue weighted by Crippen LogP contribution is 2.25. The summed E-state index contributed by atoms with van der Waals surface area (Å²) < 4.78 is 0. The number of amides is 1. The molecule has 4 nitrogen and oxygen atoms in total. The zero-order chi connectivity index (χ0) is 15.4. The second-order valence-corrected chi connectivity index (χ2v) is 6.07. The minimum atomic E-state index is 0.0785. The molecule has 0 radical (unpaired) electrons. The Morgan fingerprint density at radius 1 is 1.33 bits per heavy atom. The number of nitrogens with two attached hydrogens (primary N) is 1. The van der Waals surface area contributed by atoms with Crippen LogP contribution in [0.4, 0.5) is 0 Å². The number of hydrogen-bond donors (Lipinski definition) is 2. The summed E-state index contributed by atoms with van der Waals surface area (Å²) in [5.74, 6) is 0.282. The van der Waals surface area contributed by atoms with Crippen molar-refractivity contribution in [1.82, 2.24) is 4.90 Å². The summed E-state index contributed by atoms with van der Waals surface area (Å²) in [6.07, 6.45) is 4.92. The fraction of sp³-hybridized carbons (Fsp3) is 0.588. The van der Waals surface area contributed by atoms with Crippen LogP contribution in [0.15, 0.2) is 18.2 Å². The third-order valence-electron chi connectivity index (χ3n) is 4.35. The number of phenols is 1. The first kappa shape index (κ1) is 15.8. The van der Waals surface area contributed by atoms with Crippen molar-refractivity contribution in [2.75, 3.05) is 6.54 Å². The molecule has 116 valence electrons. The summed E-state index contributed by atoms with van der Waals surface area (Å²) in [4.78, 5) is 14.9. The van der Waals surface area contributed by atoms with Gasteiger partial charge in [-0.1, -0.05) is 6.92 Å². The Hall–Kier alpha value is -1.55. The van der Waals surface area contributed by atoms with Gasteiger partial charge in [0.05, 0.1) is 0 Å². The maximum absolute atomic E-state index is 12.9. The largest absolute Gasteiger partial charge is 0.508 e. The highest BCUT2D eigenvalue weighted by atomic mass is 16.3. The molecule has 1 aromatic carbocycles. The maximum Gasteiger partial charge on any atom is 0.254 e. The van der Waals surface area contributed by atoms with E-state index in [1.54, 1.807) is 18.2 Å². The van der Waals surface area contributed by atoms with E-state index in [1.165, 1.54) is 0 Å². The van der Waals surface area contributed by atoms with Crippen molar-refractivity contribution in [3.8, 4) is 5.75 Å². The molecule has 1 aliphatic rings. The standard InChI is InChI=1S/C17H26N2O2/c1-3-10-19(14-6-4-13(18)5-7-14)17(21)16-9-8-15(20)11-12(16)2/h8-9,11,13-14,20H,3-7,10,18H2,1-2H3. The van der Waals surface area contributed by atoms with Gasteiger partial charge in [0.2, 0.25) is 0 Å². The predicted molar refractivity (Wildman–Crippen MR) is 84.4 cm³/mol. The first-order valence-corrected chi connectivity index (χ1v) is 7.89. The van der Waals surface area contributed by atoms with E-state index in [1.807, 2.05) is 11.8 Å². The molecule has 1 aliphatic carbocycles. The van der Waals surface area contributed by atoms with Crippen LogP contribution in [0, 0.1) is 6.92 Å². The van der Waals surface area contributed by atoms with Crippen LogP contribution in [0.2, 0.25) is 0 Å². The Kier molecular flexibility index (Phi) is 5.23. The highest BCUT2D eigenvalue weighted by molar-refractivity contribution is 5.96. The topological polar surface area (TPSA) is 66.6 Å². The molecule has 2 rings (SSSR count). The molecule has 0 spiro atoms. The molecular formula is C17H26N2O2. The average molecular weight is 290 g/mol. The fourth-order valence-corrected chi connectivity index (χ4v) is 3.15. The van der Waals surface area contributed by atoms with Gasteiger partial charge in [0.25, 0.3) is 5.91 Å². The van der Waals surface area contributed by atoms with E-state index in [0.29, 0.717) is 11.6 Å². The number of nitrogens with zero attached hydrogens (tertiary/aromatic N) is 1. The van der Waals surface area contributed by atoms with Gasteiger partial charge in [-0.2, -0.15) is 0 Å².